The first-order valence-electron chi connectivity index (χ1n) is 7.25. The number of hydrogen-bond donors (Lipinski definition) is 1. The highest BCUT2D eigenvalue weighted by Gasteiger charge is 2.46. The molecule has 0 aromatic rings. The Hall–Kier alpha value is -0.250. The van der Waals surface area contributed by atoms with E-state index in [0.29, 0.717) is 6.42 Å². The van der Waals surface area contributed by atoms with Crippen LogP contribution < -0.4 is 5.73 Å². The molecule has 0 saturated heterocycles. The summed E-state index contributed by atoms with van der Waals surface area (Å²) in [4.78, 5) is 0. The van der Waals surface area contributed by atoms with E-state index in [2.05, 4.69) is 0 Å². The van der Waals surface area contributed by atoms with Gasteiger partial charge in [0.15, 0.2) is 0 Å². The number of alkyl halides is 3. The van der Waals surface area contributed by atoms with Crippen LogP contribution in [0.2, 0.25) is 0 Å². The predicted octanol–water partition coefficient (Wildman–Crippen LogP) is 4.41. The highest BCUT2D eigenvalue weighted by Crippen LogP contribution is 2.43. The van der Waals surface area contributed by atoms with Crippen molar-refractivity contribution in [3.63, 3.8) is 0 Å². The molecule has 4 heteroatoms. The maximum atomic E-state index is 12.8. The summed E-state index contributed by atoms with van der Waals surface area (Å²) < 4.78 is 38.3. The Morgan fingerprint density at radius 3 is 2.33 bits per heavy atom. The van der Waals surface area contributed by atoms with Gasteiger partial charge in [-0.15, -0.1) is 0 Å². The zero-order valence-corrected chi connectivity index (χ0v) is 10.9. The van der Waals surface area contributed by atoms with E-state index < -0.39 is 17.6 Å². The molecule has 106 valence electrons. The number of rotatable bonds is 3. The molecule has 0 heterocycles. The molecule has 2 unspecified atom stereocenters. The normalized spacial score (nSPS) is 35.0. The molecular weight excluding hydrogens is 239 g/mol. The Bertz CT molecular complexity index is 271. The summed E-state index contributed by atoms with van der Waals surface area (Å²) in [6.45, 7) is 0. The molecule has 2 fully saturated rings. The summed E-state index contributed by atoms with van der Waals surface area (Å²) in [6, 6.07) is 0. The summed E-state index contributed by atoms with van der Waals surface area (Å²) >= 11 is 0. The third-order valence-corrected chi connectivity index (χ3v) is 4.87. The van der Waals surface area contributed by atoms with Crippen molar-refractivity contribution in [2.75, 3.05) is 0 Å². The van der Waals surface area contributed by atoms with Crippen LogP contribution in [0, 0.1) is 11.8 Å². The van der Waals surface area contributed by atoms with Gasteiger partial charge in [0, 0.05) is 5.54 Å². The largest absolute Gasteiger partial charge is 0.391 e. The molecule has 0 radical (unpaired) electrons. The molecule has 0 bridgehead atoms. The predicted molar refractivity (Wildman–Crippen MR) is 66.1 cm³/mol. The van der Waals surface area contributed by atoms with Crippen LogP contribution in [0.5, 0.6) is 0 Å². The third-order valence-electron chi connectivity index (χ3n) is 4.87. The van der Waals surface area contributed by atoms with E-state index in [1.807, 2.05) is 0 Å². The monoisotopic (exact) mass is 263 g/mol. The lowest BCUT2D eigenvalue weighted by Crippen LogP contribution is -2.47. The first-order valence-corrected chi connectivity index (χ1v) is 7.25. The molecule has 2 rings (SSSR count). The molecule has 2 aliphatic carbocycles. The van der Waals surface area contributed by atoms with Gasteiger partial charge in [-0.25, -0.2) is 0 Å². The summed E-state index contributed by atoms with van der Waals surface area (Å²) in [5.41, 5.74) is 5.67. The van der Waals surface area contributed by atoms with Crippen molar-refractivity contribution in [1.82, 2.24) is 0 Å². The molecule has 18 heavy (non-hydrogen) atoms. The molecule has 2 atom stereocenters. The van der Waals surface area contributed by atoms with Gasteiger partial charge in [-0.3, -0.25) is 0 Å². The van der Waals surface area contributed by atoms with Gasteiger partial charge in [0.05, 0.1) is 5.92 Å². The van der Waals surface area contributed by atoms with E-state index >= 15 is 0 Å². The molecular formula is C14H24F3N. The molecule has 1 nitrogen and oxygen atoms in total. The van der Waals surface area contributed by atoms with Gasteiger partial charge >= 0.3 is 6.18 Å². The summed E-state index contributed by atoms with van der Waals surface area (Å²) in [6.07, 6.45) is 4.63. The molecule has 0 spiro atoms. The summed E-state index contributed by atoms with van der Waals surface area (Å²) in [5.74, 6) is -0.448. The van der Waals surface area contributed by atoms with Crippen LogP contribution in [0.15, 0.2) is 0 Å². The second kappa shape index (κ2) is 5.40. The fourth-order valence-electron chi connectivity index (χ4n) is 3.69. The molecule has 0 aliphatic heterocycles. The highest BCUT2D eigenvalue weighted by atomic mass is 19.4. The van der Waals surface area contributed by atoms with Crippen molar-refractivity contribution in [2.45, 2.75) is 75.9 Å². The average molecular weight is 263 g/mol. The van der Waals surface area contributed by atoms with E-state index in [1.54, 1.807) is 0 Å². The van der Waals surface area contributed by atoms with Crippen LogP contribution in [0.4, 0.5) is 13.2 Å². The molecule has 0 amide bonds. The van der Waals surface area contributed by atoms with E-state index in [9.17, 15) is 13.2 Å². The topological polar surface area (TPSA) is 26.0 Å². The first-order chi connectivity index (χ1) is 8.39. The highest BCUT2D eigenvalue weighted by molar-refractivity contribution is 4.93. The van der Waals surface area contributed by atoms with Crippen LogP contribution in [-0.4, -0.2) is 11.7 Å². The minimum atomic E-state index is -4.06. The van der Waals surface area contributed by atoms with Crippen molar-refractivity contribution >= 4 is 0 Å². The van der Waals surface area contributed by atoms with Crippen LogP contribution >= 0.6 is 0 Å². The average Bonchev–Trinajstić information content (AvgIpc) is 2.78. The van der Waals surface area contributed by atoms with Crippen molar-refractivity contribution in [3.05, 3.63) is 0 Å². The molecule has 0 aromatic heterocycles. The van der Waals surface area contributed by atoms with Gasteiger partial charge in [0.1, 0.15) is 0 Å². The lowest BCUT2D eigenvalue weighted by Gasteiger charge is -2.39. The second-order valence-corrected chi connectivity index (χ2v) is 6.39. The molecule has 0 aromatic carbocycles. The minimum absolute atomic E-state index is 0.142. The van der Waals surface area contributed by atoms with Crippen LogP contribution in [0.3, 0.4) is 0 Å². The minimum Gasteiger partial charge on any atom is -0.325 e. The van der Waals surface area contributed by atoms with Gasteiger partial charge in [0.2, 0.25) is 0 Å². The van der Waals surface area contributed by atoms with E-state index in [-0.39, 0.29) is 12.8 Å². The maximum absolute atomic E-state index is 12.8. The summed E-state index contributed by atoms with van der Waals surface area (Å²) in [5, 5.41) is 0. The lowest BCUT2D eigenvalue weighted by molar-refractivity contribution is -0.187. The van der Waals surface area contributed by atoms with Crippen LogP contribution in [0.1, 0.15) is 64.2 Å². The first kappa shape index (κ1) is 14.2. The Kier molecular flexibility index (Phi) is 4.25. The maximum Gasteiger partial charge on any atom is 0.391 e. The zero-order chi connectivity index (χ0) is 13.2. The number of nitrogens with two attached hydrogens (primary N) is 1. The Morgan fingerprint density at radius 1 is 1.06 bits per heavy atom. The van der Waals surface area contributed by atoms with Crippen molar-refractivity contribution < 1.29 is 13.2 Å². The second-order valence-electron chi connectivity index (χ2n) is 6.39. The quantitative estimate of drug-likeness (QED) is 0.802. The number of halogens is 3. The third kappa shape index (κ3) is 3.62. The standard InChI is InChI=1S/C14H24F3N/c15-14(16,17)12-6-3-8-13(18,10-12)9-7-11-4-1-2-5-11/h11-12H,1-10,18H2. The molecule has 2 N–H and O–H groups in total. The Balaban J connectivity index is 1.85. The van der Waals surface area contributed by atoms with Crippen LogP contribution in [0.25, 0.3) is 0 Å². The van der Waals surface area contributed by atoms with Gasteiger partial charge in [-0.1, -0.05) is 32.1 Å². The van der Waals surface area contributed by atoms with Crippen molar-refractivity contribution in [3.8, 4) is 0 Å². The van der Waals surface area contributed by atoms with E-state index in [0.717, 1.165) is 25.2 Å². The van der Waals surface area contributed by atoms with E-state index in [4.69, 9.17) is 5.73 Å². The van der Waals surface area contributed by atoms with E-state index in [1.165, 1.54) is 25.7 Å². The van der Waals surface area contributed by atoms with Crippen molar-refractivity contribution in [2.24, 2.45) is 17.6 Å². The Morgan fingerprint density at radius 2 is 1.72 bits per heavy atom. The zero-order valence-electron chi connectivity index (χ0n) is 10.9. The fraction of sp³-hybridized carbons (Fsp3) is 1.00. The van der Waals surface area contributed by atoms with Crippen LogP contribution in [-0.2, 0) is 0 Å². The smallest absolute Gasteiger partial charge is 0.325 e. The SMILES string of the molecule is NC1(CCC2CCCC2)CCCC(C(F)(F)F)C1. The van der Waals surface area contributed by atoms with Crippen molar-refractivity contribution in [1.29, 1.82) is 0 Å². The van der Waals surface area contributed by atoms with Gasteiger partial charge in [-0.05, 0) is 38.0 Å². The number of hydrogen-bond acceptors (Lipinski definition) is 1. The molecule has 2 saturated carbocycles. The Labute approximate surface area is 107 Å². The molecule has 2 aliphatic rings. The van der Waals surface area contributed by atoms with Gasteiger partial charge in [-0.2, -0.15) is 13.2 Å². The van der Waals surface area contributed by atoms with Gasteiger partial charge in [0.25, 0.3) is 0 Å². The lowest BCUT2D eigenvalue weighted by atomic mass is 9.73. The summed E-state index contributed by atoms with van der Waals surface area (Å²) in [7, 11) is 0. The van der Waals surface area contributed by atoms with Gasteiger partial charge < -0.3 is 5.73 Å². The fourth-order valence-corrected chi connectivity index (χ4v) is 3.69.